The van der Waals surface area contributed by atoms with Gasteiger partial charge in [0.2, 0.25) is 0 Å². The van der Waals surface area contributed by atoms with Gasteiger partial charge in [-0.15, -0.1) is 0 Å². The van der Waals surface area contributed by atoms with E-state index < -0.39 is 0 Å². The molecule has 0 fully saturated rings. The second-order valence-corrected chi connectivity index (χ2v) is 5.62. The van der Waals surface area contributed by atoms with Crippen molar-refractivity contribution in [2.45, 2.75) is 32.0 Å². The van der Waals surface area contributed by atoms with Crippen molar-refractivity contribution in [1.82, 2.24) is 0 Å². The molecule has 0 spiro atoms. The zero-order valence-corrected chi connectivity index (χ0v) is 11.9. The lowest BCUT2D eigenvalue weighted by Gasteiger charge is -2.22. The van der Waals surface area contributed by atoms with E-state index in [0.717, 1.165) is 41.2 Å². The van der Waals surface area contributed by atoms with Crippen molar-refractivity contribution in [3.8, 4) is 5.75 Å². The molecule has 1 N–H and O–H groups in total. The molecule has 104 valence electrons. The lowest BCUT2D eigenvalue weighted by molar-refractivity contribution is 0.156. The summed E-state index contributed by atoms with van der Waals surface area (Å²) in [5.41, 5.74) is 3.33. The zero-order chi connectivity index (χ0) is 13.9. The Morgan fingerprint density at radius 1 is 1.15 bits per heavy atom. The van der Waals surface area contributed by atoms with Crippen LogP contribution in [0.1, 0.15) is 35.6 Å². The first-order valence-electron chi connectivity index (χ1n) is 6.90. The number of rotatable bonds is 3. The fourth-order valence-corrected chi connectivity index (χ4v) is 2.72. The summed E-state index contributed by atoms with van der Waals surface area (Å²) in [7, 11) is 0. The molecule has 2 nitrogen and oxygen atoms in total. The molecule has 0 radical (unpaired) electrons. The molecule has 0 saturated heterocycles. The summed E-state index contributed by atoms with van der Waals surface area (Å²) < 4.78 is 5.79. The molecule has 0 saturated carbocycles. The van der Waals surface area contributed by atoms with Gasteiger partial charge in [0, 0.05) is 5.02 Å². The molecule has 3 heteroatoms. The van der Waals surface area contributed by atoms with Crippen molar-refractivity contribution in [3.63, 3.8) is 0 Å². The predicted octanol–water partition coefficient (Wildman–Crippen LogP) is 4.29. The fourth-order valence-electron chi connectivity index (χ4n) is 2.59. The molecule has 0 amide bonds. The number of hydrogen-bond donors (Lipinski definition) is 1. The van der Waals surface area contributed by atoms with Gasteiger partial charge in [0.05, 0.1) is 6.10 Å². The molecule has 2 aromatic carbocycles. The number of aryl methyl sites for hydroxylation is 1. The minimum Gasteiger partial charge on any atom is -0.489 e. The summed E-state index contributed by atoms with van der Waals surface area (Å²) in [5.74, 6) is 0.805. The maximum Gasteiger partial charge on any atom is 0.120 e. The summed E-state index contributed by atoms with van der Waals surface area (Å²) in [4.78, 5) is 0. The Labute approximate surface area is 124 Å². The van der Waals surface area contributed by atoms with E-state index in [0.29, 0.717) is 6.61 Å². The van der Waals surface area contributed by atoms with Gasteiger partial charge < -0.3 is 9.84 Å². The average Bonchev–Trinajstić information content (AvgIpc) is 2.47. The van der Waals surface area contributed by atoms with E-state index >= 15 is 0 Å². The van der Waals surface area contributed by atoms with E-state index in [1.165, 1.54) is 5.56 Å². The number of benzene rings is 2. The van der Waals surface area contributed by atoms with Crippen LogP contribution in [0.5, 0.6) is 5.75 Å². The normalized spacial score (nSPS) is 17.6. The van der Waals surface area contributed by atoms with Gasteiger partial charge in [-0.05, 0) is 60.2 Å². The number of ether oxygens (including phenoxy) is 1. The molecule has 3 rings (SSSR count). The van der Waals surface area contributed by atoms with E-state index in [1.807, 2.05) is 36.4 Å². The standard InChI is InChI=1S/C17H17ClO2/c18-14-7-4-12(5-8-14)11-20-15-9-6-13-2-1-3-17(19)16(13)10-15/h4-10,17,19H,1-3,11H2. The highest BCUT2D eigenvalue weighted by molar-refractivity contribution is 6.30. The van der Waals surface area contributed by atoms with Gasteiger partial charge in [0.1, 0.15) is 12.4 Å². The first kappa shape index (κ1) is 13.5. The topological polar surface area (TPSA) is 29.5 Å². The van der Waals surface area contributed by atoms with Crippen molar-refractivity contribution in [2.24, 2.45) is 0 Å². The number of halogens is 1. The summed E-state index contributed by atoms with van der Waals surface area (Å²) in [6, 6.07) is 13.6. The van der Waals surface area contributed by atoms with E-state index in [2.05, 4.69) is 6.07 Å². The minimum absolute atomic E-state index is 0.349. The minimum atomic E-state index is -0.349. The Bertz CT molecular complexity index is 592. The van der Waals surface area contributed by atoms with Crippen LogP contribution in [0.2, 0.25) is 5.02 Å². The van der Waals surface area contributed by atoms with Gasteiger partial charge >= 0.3 is 0 Å². The Morgan fingerprint density at radius 2 is 1.95 bits per heavy atom. The number of fused-ring (bicyclic) bond motifs is 1. The quantitative estimate of drug-likeness (QED) is 0.913. The second kappa shape index (κ2) is 5.86. The monoisotopic (exact) mass is 288 g/mol. The van der Waals surface area contributed by atoms with E-state index in [-0.39, 0.29) is 6.10 Å². The molecule has 1 atom stereocenters. The number of aliphatic hydroxyl groups is 1. The number of aliphatic hydroxyl groups excluding tert-OH is 1. The summed E-state index contributed by atoms with van der Waals surface area (Å²) in [6.07, 6.45) is 2.59. The largest absolute Gasteiger partial charge is 0.489 e. The molecule has 20 heavy (non-hydrogen) atoms. The van der Waals surface area contributed by atoms with Crippen LogP contribution in [0.3, 0.4) is 0 Å². The highest BCUT2D eigenvalue weighted by Crippen LogP contribution is 2.32. The average molecular weight is 289 g/mol. The molecule has 1 aliphatic rings. The van der Waals surface area contributed by atoms with Gasteiger partial charge in [-0.25, -0.2) is 0 Å². The third-order valence-corrected chi connectivity index (χ3v) is 3.97. The maximum absolute atomic E-state index is 10.0. The van der Waals surface area contributed by atoms with Crippen LogP contribution in [0.25, 0.3) is 0 Å². The molecule has 0 bridgehead atoms. The third-order valence-electron chi connectivity index (χ3n) is 3.72. The van der Waals surface area contributed by atoms with Gasteiger partial charge in [-0.3, -0.25) is 0 Å². The van der Waals surface area contributed by atoms with Gasteiger partial charge in [0.15, 0.2) is 0 Å². The van der Waals surface area contributed by atoms with Crippen LogP contribution in [-0.2, 0) is 13.0 Å². The smallest absolute Gasteiger partial charge is 0.120 e. The Hall–Kier alpha value is -1.51. The van der Waals surface area contributed by atoms with Crippen LogP contribution in [-0.4, -0.2) is 5.11 Å². The van der Waals surface area contributed by atoms with Gasteiger partial charge in [0.25, 0.3) is 0 Å². The lowest BCUT2D eigenvalue weighted by Crippen LogP contribution is -2.09. The molecular weight excluding hydrogens is 272 g/mol. The Balaban J connectivity index is 1.72. The molecular formula is C17H17ClO2. The third kappa shape index (κ3) is 2.97. The summed E-state index contributed by atoms with van der Waals surface area (Å²) in [6.45, 7) is 0.506. The predicted molar refractivity (Wildman–Crippen MR) is 80.1 cm³/mol. The van der Waals surface area contributed by atoms with Crippen molar-refractivity contribution < 1.29 is 9.84 Å². The van der Waals surface area contributed by atoms with Crippen LogP contribution in [0.4, 0.5) is 0 Å². The van der Waals surface area contributed by atoms with Crippen molar-refractivity contribution in [3.05, 3.63) is 64.2 Å². The first-order chi connectivity index (χ1) is 9.72. The van der Waals surface area contributed by atoms with Crippen LogP contribution in [0, 0.1) is 0 Å². The van der Waals surface area contributed by atoms with Crippen molar-refractivity contribution in [1.29, 1.82) is 0 Å². The zero-order valence-electron chi connectivity index (χ0n) is 11.2. The highest BCUT2D eigenvalue weighted by Gasteiger charge is 2.18. The molecule has 1 aliphatic carbocycles. The van der Waals surface area contributed by atoms with Gasteiger partial charge in [-0.2, -0.15) is 0 Å². The first-order valence-corrected chi connectivity index (χ1v) is 7.28. The van der Waals surface area contributed by atoms with Crippen LogP contribution < -0.4 is 4.74 Å². The highest BCUT2D eigenvalue weighted by atomic mass is 35.5. The SMILES string of the molecule is OC1CCCc2ccc(OCc3ccc(Cl)cc3)cc21. The van der Waals surface area contributed by atoms with E-state index in [4.69, 9.17) is 16.3 Å². The van der Waals surface area contributed by atoms with Crippen molar-refractivity contribution in [2.75, 3.05) is 0 Å². The molecule has 0 aliphatic heterocycles. The van der Waals surface area contributed by atoms with Crippen molar-refractivity contribution >= 4 is 11.6 Å². The Kier molecular flexibility index (Phi) is 3.95. The fraction of sp³-hybridized carbons (Fsp3) is 0.294. The van der Waals surface area contributed by atoms with E-state index in [9.17, 15) is 5.11 Å². The number of hydrogen-bond acceptors (Lipinski definition) is 2. The van der Waals surface area contributed by atoms with E-state index in [1.54, 1.807) is 0 Å². The molecule has 2 aromatic rings. The maximum atomic E-state index is 10.0. The molecule has 0 heterocycles. The van der Waals surface area contributed by atoms with Crippen LogP contribution >= 0.6 is 11.6 Å². The van der Waals surface area contributed by atoms with Gasteiger partial charge in [-0.1, -0.05) is 29.8 Å². The summed E-state index contributed by atoms with van der Waals surface area (Å²) in [5, 5.41) is 10.8. The van der Waals surface area contributed by atoms with Crippen LogP contribution in [0.15, 0.2) is 42.5 Å². The second-order valence-electron chi connectivity index (χ2n) is 5.18. The molecule has 0 aromatic heterocycles. The summed E-state index contributed by atoms with van der Waals surface area (Å²) >= 11 is 5.86. The lowest BCUT2D eigenvalue weighted by atomic mass is 9.89. The Morgan fingerprint density at radius 3 is 2.75 bits per heavy atom. The molecule has 1 unspecified atom stereocenters.